The molecule has 0 bridgehead atoms. The van der Waals surface area contributed by atoms with Crippen molar-refractivity contribution < 1.29 is 28.5 Å². The van der Waals surface area contributed by atoms with Crippen LogP contribution in [-0.2, 0) is 19.1 Å². The fraction of sp³-hybridized carbons (Fsp3) is 0.500. The first-order chi connectivity index (χ1) is 14.9. The lowest BCUT2D eigenvalue weighted by molar-refractivity contribution is -0.140. The standard InChI is InChI=1S/C24H33NO6/c1-6-7-13-29-19-9-11-20(12-10-19)30-14-8-15-31-24(27)22-16(2)21(23(26)28-5)17(3)25-18(22)4/h9-12,16,25H,6-8,13-15H2,1-5H3. The van der Waals surface area contributed by atoms with E-state index in [9.17, 15) is 9.59 Å². The summed E-state index contributed by atoms with van der Waals surface area (Å²) in [5, 5.41) is 3.07. The molecular formula is C24H33NO6. The van der Waals surface area contributed by atoms with Crippen LogP contribution in [0.25, 0.3) is 0 Å². The molecule has 0 spiro atoms. The van der Waals surface area contributed by atoms with Crippen LogP contribution in [0.1, 0.15) is 47.0 Å². The van der Waals surface area contributed by atoms with Gasteiger partial charge in [-0.05, 0) is 44.5 Å². The Morgan fingerprint density at radius 1 is 0.871 bits per heavy atom. The SMILES string of the molecule is CCCCOc1ccc(OCCCOC(=O)C2=C(C)NC(C)=C(C(=O)OC)C2C)cc1. The van der Waals surface area contributed by atoms with Gasteiger partial charge in [-0.2, -0.15) is 0 Å². The number of allylic oxidation sites excluding steroid dienone is 2. The van der Waals surface area contributed by atoms with E-state index in [1.165, 1.54) is 7.11 Å². The first kappa shape index (κ1) is 24.3. The third-order valence-corrected chi connectivity index (χ3v) is 5.06. The van der Waals surface area contributed by atoms with Crippen molar-refractivity contribution in [2.75, 3.05) is 26.9 Å². The molecule has 0 saturated heterocycles. The lowest BCUT2D eigenvalue weighted by atomic mass is 9.87. The fourth-order valence-electron chi connectivity index (χ4n) is 3.44. The van der Waals surface area contributed by atoms with Gasteiger partial charge in [-0.3, -0.25) is 0 Å². The summed E-state index contributed by atoms with van der Waals surface area (Å²) >= 11 is 0. The Morgan fingerprint density at radius 3 is 1.90 bits per heavy atom. The highest BCUT2D eigenvalue weighted by molar-refractivity contribution is 5.97. The van der Waals surface area contributed by atoms with E-state index in [-0.39, 0.29) is 6.61 Å². The topological polar surface area (TPSA) is 83.1 Å². The third kappa shape index (κ3) is 6.77. The first-order valence-corrected chi connectivity index (χ1v) is 10.7. The maximum absolute atomic E-state index is 12.6. The number of rotatable bonds is 11. The van der Waals surface area contributed by atoms with E-state index >= 15 is 0 Å². The van der Waals surface area contributed by atoms with E-state index in [4.69, 9.17) is 18.9 Å². The smallest absolute Gasteiger partial charge is 0.336 e. The number of hydrogen-bond donors (Lipinski definition) is 1. The molecule has 1 aliphatic heterocycles. The Hall–Kier alpha value is -2.96. The van der Waals surface area contributed by atoms with Crippen molar-refractivity contribution in [3.63, 3.8) is 0 Å². The monoisotopic (exact) mass is 431 g/mol. The average molecular weight is 432 g/mol. The molecule has 7 heteroatoms. The fourth-order valence-corrected chi connectivity index (χ4v) is 3.44. The van der Waals surface area contributed by atoms with Crippen LogP contribution in [0.5, 0.6) is 11.5 Å². The molecule has 1 aromatic rings. The number of carbonyl (C=O) groups is 2. The molecule has 170 valence electrons. The van der Waals surface area contributed by atoms with Gasteiger partial charge in [0.25, 0.3) is 0 Å². The Kier molecular flexibility index (Phi) is 9.43. The van der Waals surface area contributed by atoms with Crippen LogP contribution >= 0.6 is 0 Å². The summed E-state index contributed by atoms with van der Waals surface area (Å²) in [7, 11) is 1.32. The minimum absolute atomic E-state index is 0.219. The predicted octanol–water partition coefficient (Wildman–Crippen LogP) is 4.14. The van der Waals surface area contributed by atoms with Crippen molar-refractivity contribution in [3.05, 3.63) is 46.8 Å². The molecule has 7 nitrogen and oxygen atoms in total. The van der Waals surface area contributed by atoms with Gasteiger partial charge in [0.05, 0.1) is 38.1 Å². The van der Waals surface area contributed by atoms with Gasteiger partial charge < -0.3 is 24.3 Å². The molecule has 1 atom stereocenters. The van der Waals surface area contributed by atoms with Gasteiger partial charge in [-0.25, -0.2) is 9.59 Å². The van der Waals surface area contributed by atoms with E-state index in [0.29, 0.717) is 42.2 Å². The molecule has 1 aromatic carbocycles. The Labute approximate surface area is 184 Å². The van der Waals surface area contributed by atoms with Crippen LogP contribution in [0.4, 0.5) is 0 Å². The molecule has 0 amide bonds. The molecule has 0 radical (unpaired) electrons. The van der Waals surface area contributed by atoms with E-state index < -0.39 is 17.9 Å². The number of dihydropyridines is 1. The summed E-state index contributed by atoms with van der Waals surface area (Å²) in [6.07, 6.45) is 2.68. The van der Waals surface area contributed by atoms with Gasteiger partial charge in [0, 0.05) is 23.7 Å². The van der Waals surface area contributed by atoms with E-state index in [1.54, 1.807) is 20.8 Å². The van der Waals surface area contributed by atoms with E-state index in [2.05, 4.69) is 12.2 Å². The van der Waals surface area contributed by atoms with Crippen molar-refractivity contribution >= 4 is 11.9 Å². The van der Waals surface area contributed by atoms with Crippen LogP contribution < -0.4 is 14.8 Å². The lowest BCUT2D eigenvalue weighted by Crippen LogP contribution is -2.32. The second kappa shape index (κ2) is 12.0. The van der Waals surface area contributed by atoms with E-state index in [1.807, 2.05) is 24.3 Å². The minimum atomic E-state index is -0.453. The molecule has 0 aliphatic carbocycles. The molecule has 31 heavy (non-hydrogen) atoms. The summed E-state index contributed by atoms with van der Waals surface area (Å²) in [5.74, 6) is 0.256. The van der Waals surface area contributed by atoms with Crippen LogP contribution in [0.3, 0.4) is 0 Å². The van der Waals surface area contributed by atoms with Crippen molar-refractivity contribution in [2.45, 2.75) is 47.0 Å². The summed E-state index contributed by atoms with van der Waals surface area (Å²) in [5.41, 5.74) is 2.24. The van der Waals surface area contributed by atoms with Gasteiger partial charge in [0.2, 0.25) is 0 Å². The Bertz CT molecular complexity index is 825. The number of ether oxygens (including phenoxy) is 4. The first-order valence-electron chi connectivity index (χ1n) is 10.7. The van der Waals surface area contributed by atoms with Crippen LogP contribution in [-0.4, -0.2) is 38.9 Å². The zero-order chi connectivity index (χ0) is 22.8. The minimum Gasteiger partial charge on any atom is -0.494 e. The number of unbranched alkanes of at least 4 members (excludes halogenated alkanes) is 1. The predicted molar refractivity (Wildman–Crippen MR) is 118 cm³/mol. The number of esters is 2. The van der Waals surface area contributed by atoms with Gasteiger partial charge in [0.1, 0.15) is 11.5 Å². The largest absolute Gasteiger partial charge is 0.494 e. The number of carbonyl (C=O) groups excluding carboxylic acids is 2. The number of benzene rings is 1. The maximum atomic E-state index is 12.6. The molecule has 1 heterocycles. The lowest BCUT2D eigenvalue weighted by Gasteiger charge is -2.27. The van der Waals surface area contributed by atoms with Crippen LogP contribution in [0.15, 0.2) is 46.8 Å². The van der Waals surface area contributed by atoms with Gasteiger partial charge in [0.15, 0.2) is 0 Å². The highest BCUT2D eigenvalue weighted by Crippen LogP contribution is 2.30. The normalized spacial score (nSPS) is 16.0. The zero-order valence-corrected chi connectivity index (χ0v) is 19.1. The molecule has 1 N–H and O–H groups in total. The molecule has 0 fully saturated rings. The van der Waals surface area contributed by atoms with Crippen molar-refractivity contribution in [1.82, 2.24) is 5.32 Å². The van der Waals surface area contributed by atoms with Crippen LogP contribution in [0, 0.1) is 5.92 Å². The summed E-state index contributed by atoms with van der Waals surface area (Å²) < 4.78 is 21.6. The average Bonchev–Trinajstić information content (AvgIpc) is 2.74. The summed E-state index contributed by atoms with van der Waals surface area (Å²) in [6, 6.07) is 7.48. The van der Waals surface area contributed by atoms with Crippen molar-refractivity contribution in [2.24, 2.45) is 5.92 Å². The molecule has 2 rings (SSSR count). The van der Waals surface area contributed by atoms with E-state index in [0.717, 1.165) is 24.3 Å². The second-order valence-corrected chi connectivity index (χ2v) is 7.43. The quantitative estimate of drug-likeness (QED) is 0.416. The van der Waals surface area contributed by atoms with Crippen molar-refractivity contribution in [1.29, 1.82) is 0 Å². The highest BCUT2D eigenvalue weighted by atomic mass is 16.5. The number of nitrogens with one attached hydrogen (secondary N) is 1. The zero-order valence-electron chi connectivity index (χ0n) is 19.1. The summed E-state index contributed by atoms with van der Waals surface area (Å²) in [4.78, 5) is 24.7. The summed E-state index contributed by atoms with van der Waals surface area (Å²) in [6.45, 7) is 8.86. The molecular weight excluding hydrogens is 398 g/mol. The molecule has 0 aromatic heterocycles. The molecule has 0 saturated carbocycles. The van der Waals surface area contributed by atoms with Crippen LogP contribution in [0.2, 0.25) is 0 Å². The second-order valence-electron chi connectivity index (χ2n) is 7.43. The third-order valence-electron chi connectivity index (χ3n) is 5.06. The van der Waals surface area contributed by atoms with Gasteiger partial charge in [-0.1, -0.05) is 20.3 Å². The maximum Gasteiger partial charge on any atom is 0.336 e. The van der Waals surface area contributed by atoms with Gasteiger partial charge >= 0.3 is 11.9 Å². The highest BCUT2D eigenvalue weighted by Gasteiger charge is 2.33. The van der Waals surface area contributed by atoms with Crippen molar-refractivity contribution in [3.8, 4) is 11.5 Å². The molecule has 1 aliphatic rings. The number of hydrogen-bond acceptors (Lipinski definition) is 7. The van der Waals surface area contributed by atoms with Gasteiger partial charge in [-0.15, -0.1) is 0 Å². The molecule has 1 unspecified atom stereocenters. The Balaban J connectivity index is 1.78. The number of methoxy groups -OCH3 is 1. The Morgan fingerprint density at radius 2 is 1.39 bits per heavy atom.